The first kappa shape index (κ1) is 12.7. The molecule has 2 aliphatic rings. The van der Waals surface area contributed by atoms with Crippen molar-refractivity contribution in [3.8, 4) is 0 Å². The van der Waals surface area contributed by atoms with E-state index >= 15 is 0 Å². The highest BCUT2D eigenvalue weighted by Crippen LogP contribution is 2.31. The molecule has 0 spiro atoms. The van der Waals surface area contributed by atoms with E-state index in [0.717, 1.165) is 23.1 Å². The maximum atomic E-state index is 4.39. The second-order valence-corrected chi connectivity index (χ2v) is 6.76. The Balaban J connectivity index is 1.57. The fraction of sp³-hybridized carbons (Fsp3) is 0.786. The number of aromatic nitrogens is 2. The average molecular weight is 312 g/mol. The van der Waals surface area contributed by atoms with Gasteiger partial charge in [0, 0.05) is 18.8 Å². The summed E-state index contributed by atoms with van der Waals surface area (Å²) in [6.45, 7) is 2.24. The maximum absolute atomic E-state index is 4.39. The molecule has 2 fully saturated rings. The van der Waals surface area contributed by atoms with Gasteiger partial charge in [-0.05, 0) is 47.5 Å². The molecule has 0 saturated heterocycles. The van der Waals surface area contributed by atoms with Crippen molar-refractivity contribution in [3.63, 3.8) is 0 Å². The van der Waals surface area contributed by atoms with Gasteiger partial charge < -0.3 is 0 Å². The monoisotopic (exact) mass is 311 g/mol. The van der Waals surface area contributed by atoms with E-state index in [9.17, 15) is 0 Å². The van der Waals surface area contributed by atoms with E-state index in [1.807, 2.05) is 6.20 Å². The van der Waals surface area contributed by atoms with Gasteiger partial charge in [-0.1, -0.05) is 19.3 Å². The lowest BCUT2D eigenvalue weighted by molar-refractivity contribution is 0.148. The standard InChI is InChI=1S/C14H22BrN3/c15-13-8-16-18(10-13)11-17(14-6-7-14)9-12-4-2-1-3-5-12/h8,10,12,14H,1-7,9,11H2. The van der Waals surface area contributed by atoms with Crippen molar-refractivity contribution in [2.45, 2.75) is 57.7 Å². The van der Waals surface area contributed by atoms with Gasteiger partial charge in [0.05, 0.1) is 17.3 Å². The summed E-state index contributed by atoms with van der Waals surface area (Å²) in [6, 6.07) is 0.829. The molecule has 100 valence electrons. The predicted molar refractivity (Wildman–Crippen MR) is 76.2 cm³/mol. The van der Waals surface area contributed by atoms with Crippen molar-refractivity contribution in [1.29, 1.82) is 0 Å². The Kier molecular flexibility index (Phi) is 4.04. The van der Waals surface area contributed by atoms with Gasteiger partial charge in [-0.15, -0.1) is 0 Å². The molecule has 3 nitrogen and oxygen atoms in total. The van der Waals surface area contributed by atoms with Crippen LogP contribution in [-0.2, 0) is 6.67 Å². The van der Waals surface area contributed by atoms with E-state index < -0.39 is 0 Å². The highest BCUT2D eigenvalue weighted by Gasteiger charge is 2.31. The third-order valence-corrected chi connectivity index (χ3v) is 4.62. The van der Waals surface area contributed by atoms with E-state index in [1.165, 1.54) is 51.5 Å². The van der Waals surface area contributed by atoms with Gasteiger partial charge in [0.1, 0.15) is 0 Å². The van der Waals surface area contributed by atoms with Crippen LogP contribution in [0.3, 0.4) is 0 Å². The van der Waals surface area contributed by atoms with E-state index in [0.29, 0.717) is 0 Å². The fourth-order valence-corrected chi connectivity index (χ4v) is 3.39. The Morgan fingerprint density at radius 1 is 1.22 bits per heavy atom. The summed E-state index contributed by atoms with van der Waals surface area (Å²) >= 11 is 3.47. The molecule has 0 atom stereocenters. The van der Waals surface area contributed by atoms with Crippen LogP contribution in [0.2, 0.25) is 0 Å². The van der Waals surface area contributed by atoms with Crippen molar-refractivity contribution in [2.75, 3.05) is 6.54 Å². The topological polar surface area (TPSA) is 21.1 Å². The van der Waals surface area contributed by atoms with Crippen LogP contribution in [0.25, 0.3) is 0 Å². The molecule has 1 aromatic rings. The van der Waals surface area contributed by atoms with Crippen molar-refractivity contribution in [3.05, 3.63) is 16.9 Å². The van der Waals surface area contributed by atoms with Crippen molar-refractivity contribution < 1.29 is 0 Å². The van der Waals surface area contributed by atoms with E-state index in [4.69, 9.17) is 0 Å². The van der Waals surface area contributed by atoms with Crippen LogP contribution in [0.5, 0.6) is 0 Å². The van der Waals surface area contributed by atoms with Crippen molar-refractivity contribution in [1.82, 2.24) is 14.7 Å². The normalized spacial score (nSPS) is 21.7. The molecule has 3 rings (SSSR count). The lowest BCUT2D eigenvalue weighted by Gasteiger charge is -2.29. The minimum absolute atomic E-state index is 0.829. The second kappa shape index (κ2) is 5.74. The first-order chi connectivity index (χ1) is 8.81. The smallest absolute Gasteiger partial charge is 0.0931 e. The summed E-state index contributed by atoms with van der Waals surface area (Å²) in [5.74, 6) is 0.929. The molecule has 0 aliphatic heterocycles. The fourth-order valence-electron chi connectivity index (χ4n) is 3.07. The Morgan fingerprint density at radius 3 is 2.61 bits per heavy atom. The predicted octanol–water partition coefficient (Wildman–Crippen LogP) is 3.65. The van der Waals surface area contributed by atoms with Crippen LogP contribution in [0.15, 0.2) is 16.9 Å². The lowest BCUT2D eigenvalue weighted by Crippen LogP contribution is -2.34. The zero-order valence-corrected chi connectivity index (χ0v) is 12.5. The molecule has 4 heteroatoms. The highest BCUT2D eigenvalue weighted by molar-refractivity contribution is 9.10. The zero-order valence-electron chi connectivity index (χ0n) is 10.9. The number of rotatable bonds is 5. The molecule has 18 heavy (non-hydrogen) atoms. The Morgan fingerprint density at radius 2 is 2.00 bits per heavy atom. The van der Waals surface area contributed by atoms with Crippen molar-refractivity contribution in [2.24, 2.45) is 5.92 Å². The first-order valence-electron chi connectivity index (χ1n) is 7.23. The number of hydrogen-bond acceptors (Lipinski definition) is 2. The third-order valence-electron chi connectivity index (χ3n) is 4.21. The van der Waals surface area contributed by atoms with Crippen LogP contribution in [0.1, 0.15) is 44.9 Å². The molecular formula is C14H22BrN3. The van der Waals surface area contributed by atoms with Gasteiger partial charge >= 0.3 is 0 Å². The van der Waals surface area contributed by atoms with Crippen LogP contribution in [0, 0.1) is 5.92 Å². The van der Waals surface area contributed by atoms with Gasteiger partial charge in [-0.2, -0.15) is 5.10 Å². The molecule has 2 aliphatic carbocycles. The van der Waals surface area contributed by atoms with Crippen LogP contribution in [-0.4, -0.2) is 27.3 Å². The average Bonchev–Trinajstić information content (AvgIpc) is 3.15. The molecule has 0 N–H and O–H groups in total. The molecule has 0 aromatic carbocycles. The SMILES string of the molecule is Brc1cnn(CN(CC2CCCCC2)C2CC2)c1. The molecule has 2 saturated carbocycles. The summed E-state index contributed by atoms with van der Waals surface area (Å²) in [7, 11) is 0. The van der Waals surface area contributed by atoms with Crippen LogP contribution < -0.4 is 0 Å². The van der Waals surface area contributed by atoms with Crippen LogP contribution >= 0.6 is 15.9 Å². The van der Waals surface area contributed by atoms with Crippen molar-refractivity contribution >= 4 is 15.9 Å². The Bertz CT molecular complexity index is 380. The van der Waals surface area contributed by atoms with E-state index in [-0.39, 0.29) is 0 Å². The first-order valence-corrected chi connectivity index (χ1v) is 8.02. The summed E-state index contributed by atoms with van der Waals surface area (Å²) in [5, 5.41) is 4.39. The minimum Gasteiger partial charge on any atom is -0.281 e. The molecule has 1 aromatic heterocycles. The minimum atomic E-state index is 0.829. The van der Waals surface area contributed by atoms with Gasteiger partial charge in [0.25, 0.3) is 0 Å². The summed E-state index contributed by atoms with van der Waals surface area (Å²) in [6.07, 6.45) is 13.9. The zero-order chi connectivity index (χ0) is 12.4. The summed E-state index contributed by atoms with van der Waals surface area (Å²) in [4.78, 5) is 2.65. The summed E-state index contributed by atoms with van der Waals surface area (Å²) < 4.78 is 3.14. The van der Waals surface area contributed by atoms with Crippen LogP contribution in [0.4, 0.5) is 0 Å². The number of hydrogen-bond donors (Lipinski definition) is 0. The Labute approximate surface area is 118 Å². The van der Waals surface area contributed by atoms with Gasteiger partial charge in [-0.25, -0.2) is 0 Å². The van der Waals surface area contributed by atoms with Gasteiger partial charge in [0.15, 0.2) is 0 Å². The number of nitrogens with zero attached hydrogens (tertiary/aromatic N) is 3. The van der Waals surface area contributed by atoms with E-state index in [2.05, 4.69) is 36.8 Å². The lowest BCUT2D eigenvalue weighted by atomic mass is 9.89. The Hall–Kier alpha value is -0.350. The van der Waals surface area contributed by atoms with Gasteiger partial charge in [0.2, 0.25) is 0 Å². The quantitative estimate of drug-likeness (QED) is 0.827. The summed E-state index contributed by atoms with van der Waals surface area (Å²) in [5.41, 5.74) is 0. The molecule has 1 heterocycles. The molecule has 0 amide bonds. The molecule has 0 unspecified atom stereocenters. The second-order valence-electron chi connectivity index (χ2n) is 5.85. The molecular weight excluding hydrogens is 290 g/mol. The maximum Gasteiger partial charge on any atom is 0.0931 e. The largest absolute Gasteiger partial charge is 0.281 e. The van der Waals surface area contributed by atoms with Gasteiger partial charge in [-0.3, -0.25) is 9.58 Å². The highest BCUT2D eigenvalue weighted by atomic mass is 79.9. The van der Waals surface area contributed by atoms with E-state index in [1.54, 1.807) is 0 Å². The third kappa shape index (κ3) is 3.35. The molecule has 0 radical (unpaired) electrons. The number of halogens is 1. The molecule has 0 bridgehead atoms.